The first-order chi connectivity index (χ1) is 7.72. The second-order valence-corrected chi connectivity index (χ2v) is 4.11. The molecule has 1 aliphatic carbocycles. The number of rotatable bonds is 3. The van der Waals surface area contributed by atoms with Crippen molar-refractivity contribution in [1.82, 2.24) is 0 Å². The first kappa shape index (κ1) is 10.8. The maximum Gasteiger partial charge on any atom is 0.310 e. The third-order valence-electron chi connectivity index (χ3n) is 2.85. The second-order valence-electron chi connectivity index (χ2n) is 4.11. The van der Waals surface area contributed by atoms with E-state index in [9.17, 15) is 4.79 Å². The molecule has 3 unspecified atom stereocenters. The van der Waals surface area contributed by atoms with Gasteiger partial charge in [0.05, 0.1) is 5.92 Å². The lowest BCUT2D eigenvalue weighted by Gasteiger charge is -2.06. The van der Waals surface area contributed by atoms with Gasteiger partial charge in [-0.2, -0.15) is 0 Å². The molecule has 16 heavy (non-hydrogen) atoms. The van der Waals surface area contributed by atoms with E-state index in [-0.39, 0.29) is 11.9 Å². The van der Waals surface area contributed by atoms with Crippen LogP contribution in [0.3, 0.4) is 0 Å². The Kier molecular flexibility index (Phi) is 2.96. The zero-order chi connectivity index (χ0) is 11.5. The van der Waals surface area contributed by atoms with Crippen molar-refractivity contribution in [1.29, 1.82) is 0 Å². The van der Waals surface area contributed by atoms with Crippen LogP contribution in [0.25, 0.3) is 0 Å². The molecule has 0 spiro atoms. The largest absolute Gasteiger partial charge is 0.449 e. The topological polar surface area (TPSA) is 26.3 Å². The molecule has 0 radical (unpaired) electrons. The fourth-order valence-electron chi connectivity index (χ4n) is 1.82. The quantitative estimate of drug-likeness (QED) is 0.570. The molecule has 0 bridgehead atoms. The SMILES string of the molecule is C#CC(C)OC(=O)C1CC1c1ccccc1. The fourth-order valence-corrected chi connectivity index (χ4v) is 1.82. The molecule has 0 saturated heterocycles. The average Bonchev–Trinajstić information content (AvgIpc) is 3.10. The third-order valence-corrected chi connectivity index (χ3v) is 2.85. The number of terminal acetylenes is 1. The Morgan fingerprint density at radius 1 is 1.50 bits per heavy atom. The van der Waals surface area contributed by atoms with Crippen molar-refractivity contribution in [3.05, 3.63) is 35.9 Å². The number of hydrogen-bond acceptors (Lipinski definition) is 2. The lowest BCUT2D eigenvalue weighted by molar-refractivity contribution is -0.147. The summed E-state index contributed by atoms with van der Waals surface area (Å²) in [7, 11) is 0. The van der Waals surface area contributed by atoms with Crippen LogP contribution in [0.5, 0.6) is 0 Å². The second kappa shape index (κ2) is 4.40. The molecule has 1 saturated carbocycles. The van der Waals surface area contributed by atoms with E-state index >= 15 is 0 Å². The summed E-state index contributed by atoms with van der Waals surface area (Å²) in [6, 6.07) is 10.0. The normalized spacial score (nSPS) is 24.2. The van der Waals surface area contributed by atoms with Gasteiger partial charge in [0.25, 0.3) is 0 Å². The van der Waals surface area contributed by atoms with Crippen molar-refractivity contribution in [3.63, 3.8) is 0 Å². The van der Waals surface area contributed by atoms with E-state index in [1.54, 1.807) is 6.92 Å². The van der Waals surface area contributed by atoms with E-state index in [2.05, 4.69) is 5.92 Å². The highest BCUT2D eigenvalue weighted by molar-refractivity contribution is 5.77. The minimum Gasteiger partial charge on any atom is -0.449 e. The van der Waals surface area contributed by atoms with Gasteiger partial charge in [-0.1, -0.05) is 36.3 Å². The van der Waals surface area contributed by atoms with Crippen molar-refractivity contribution in [2.24, 2.45) is 5.92 Å². The van der Waals surface area contributed by atoms with Gasteiger partial charge >= 0.3 is 5.97 Å². The van der Waals surface area contributed by atoms with E-state index in [1.807, 2.05) is 30.3 Å². The van der Waals surface area contributed by atoms with Crippen molar-refractivity contribution in [2.75, 3.05) is 0 Å². The molecular weight excluding hydrogens is 200 g/mol. The van der Waals surface area contributed by atoms with Crippen LogP contribution in [0.2, 0.25) is 0 Å². The summed E-state index contributed by atoms with van der Waals surface area (Å²) in [5.41, 5.74) is 1.21. The number of hydrogen-bond donors (Lipinski definition) is 0. The molecule has 2 rings (SSSR count). The molecule has 3 atom stereocenters. The molecule has 1 aromatic rings. The summed E-state index contributed by atoms with van der Waals surface area (Å²) in [6.45, 7) is 1.71. The van der Waals surface area contributed by atoms with Crippen LogP contribution >= 0.6 is 0 Å². The lowest BCUT2D eigenvalue weighted by atomic mass is 10.1. The smallest absolute Gasteiger partial charge is 0.310 e. The predicted octanol–water partition coefficient (Wildman–Crippen LogP) is 2.36. The van der Waals surface area contributed by atoms with Crippen LogP contribution in [0.4, 0.5) is 0 Å². The fraction of sp³-hybridized carbons (Fsp3) is 0.357. The maximum atomic E-state index is 11.6. The summed E-state index contributed by atoms with van der Waals surface area (Å²) >= 11 is 0. The van der Waals surface area contributed by atoms with Crippen molar-refractivity contribution >= 4 is 5.97 Å². The van der Waals surface area contributed by atoms with Crippen LogP contribution in [0.1, 0.15) is 24.8 Å². The highest BCUT2D eigenvalue weighted by Gasteiger charge is 2.45. The number of esters is 1. The van der Waals surface area contributed by atoms with Gasteiger partial charge < -0.3 is 4.74 Å². The molecule has 0 amide bonds. The number of carbonyl (C=O) groups excluding carboxylic acids is 1. The van der Waals surface area contributed by atoms with Gasteiger partial charge in [-0.05, 0) is 24.8 Å². The van der Waals surface area contributed by atoms with Crippen LogP contribution in [0, 0.1) is 18.3 Å². The summed E-state index contributed by atoms with van der Waals surface area (Å²) in [5.74, 6) is 2.54. The minimum atomic E-state index is -0.426. The minimum absolute atomic E-state index is 0.00167. The van der Waals surface area contributed by atoms with Gasteiger partial charge in [-0.25, -0.2) is 0 Å². The van der Waals surface area contributed by atoms with E-state index in [0.29, 0.717) is 5.92 Å². The highest BCUT2D eigenvalue weighted by Crippen LogP contribution is 2.48. The van der Waals surface area contributed by atoms with Gasteiger partial charge in [0, 0.05) is 0 Å². The first-order valence-corrected chi connectivity index (χ1v) is 5.44. The molecular formula is C14H14O2. The molecule has 0 aliphatic heterocycles. The molecule has 1 aromatic carbocycles. The van der Waals surface area contributed by atoms with Crippen molar-refractivity contribution < 1.29 is 9.53 Å². The monoisotopic (exact) mass is 214 g/mol. The van der Waals surface area contributed by atoms with Gasteiger partial charge in [0.2, 0.25) is 0 Å². The third kappa shape index (κ3) is 2.25. The van der Waals surface area contributed by atoms with Gasteiger partial charge in [0.15, 0.2) is 6.10 Å². The molecule has 1 aliphatic rings. The zero-order valence-electron chi connectivity index (χ0n) is 9.22. The maximum absolute atomic E-state index is 11.6. The van der Waals surface area contributed by atoms with Crippen LogP contribution in [-0.2, 0) is 9.53 Å². The number of carbonyl (C=O) groups is 1. The number of ether oxygens (including phenoxy) is 1. The van der Waals surface area contributed by atoms with Gasteiger partial charge in [0.1, 0.15) is 0 Å². The van der Waals surface area contributed by atoms with E-state index in [4.69, 9.17) is 11.2 Å². The molecule has 2 heteroatoms. The van der Waals surface area contributed by atoms with Gasteiger partial charge in [-0.3, -0.25) is 4.79 Å². The van der Waals surface area contributed by atoms with Crippen LogP contribution < -0.4 is 0 Å². The molecule has 82 valence electrons. The number of benzene rings is 1. The molecule has 2 nitrogen and oxygen atoms in total. The summed E-state index contributed by atoms with van der Waals surface area (Å²) in [4.78, 5) is 11.6. The summed E-state index contributed by atoms with van der Waals surface area (Å²) in [5, 5.41) is 0. The van der Waals surface area contributed by atoms with E-state index < -0.39 is 6.10 Å². The molecule has 0 aromatic heterocycles. The van der Waals surface area contributed by atoms with Crippen molar-refractivity contribution in [2.45, 2.75) is 25.4 Å². The lowest BCUT2D eigenvalue weighted by Crippen LogP contribution is -2.15. The molecule has 0 N–H and O–H groups in total. The Morgan fingerprint density at radius 3 is 2.81 bits per heavy atom. The zero-order valence-corrected chi connectivity index (χ0v) is 9.22. The summed E-state index contributed by atoms with van der Waals surface area (Å²) in [6.07, 6.45) is 5.61. The van der Waals surface area contributed by atoms with Crippen molar-refractivity contribution in [3.8, 4) is 12.3 Å². The van der Waals surface area contributed by atoms with Crippen LogP contribution in [0.15, 0.2) is 30.3 Å². The summed E-state index contributed by atoms with van der Waals surface area (Å²) < 4.78 is 5.10. The Labute approximate surface area is 95.6 Å². The van der Waals surface area contributed by atoms with E-state index in [1.165, 1.54) is 5.56 Å². The van der Waals surface area contributed by atoms with Gasteiger partial charge in [-0.15, -0.1) is 6.42 Å². The standard InChI is InChI=1S/C14H14O2/c1-3-10(2)16-14(15)13-9-12(13)11-7-5-4-6-8-11/h1,4-8,10,12-13H,9H2,2H3. The highest BCUT2D eigenvalue weighted by atomic mass is 16.5. The molecule has 0 heterocycles. The average molecular weight is 214 g/mol. The van der Waals surface area contributed by atoms with E-state index in [0.717, 1.165) is 6.42 Å². The Morgan fingerprint density at radius 2 is 2.19 bits per heavy atom. The Balaban J connectivity index is 1.93. The van der Waals surface area contributed by atoms with Crippen LogP contribution in [-0.4, -0.2) is 12.1 Å². The predicted molar refractivity (Wildman–Crippen MR) is 61.7 cm³/mol. The molecule has 1 fully saturated rings. The Hall–Kier alpha value is -1.75. The Bertz CT molecular complexity index is 416. The first-order valence-electron chi connectivity index (χ1n) is 5.44.